The summed E-state index contributed by atoms with van der Waals surface area (Å²) in [5.41, 5.74) is 0.245. The number of aromatic nitrogens is 1. The number of hydrogen-bond donors (Lipinski definition) is 2. The van der Waals surface area contributed by atoms with E-state index < -0.39 is 5.41 Å². The monoisotopic (exact) mass is 238 g/mol. The number of rotatable bonds is 5. The van der Waals surface area contributed by atoms with E-state index in [1.54, 1.807) is 12.1 Å². The van der Waals surface area contributed by atoms with E-state index >= 15 is 0 Å². The highest BCUT2D eigenvalue weighted by Gasteiger charge is 2.27. The Morgan fingerprint density at radius 1 is 1.53 bits per heavy atom. The molecule has 2 N–H and O–H groups in total. The largest absolute Gasteiger partial charge is 0.506 e. The number of nitrogens with one attached hydrogen (secondary N) is 1. The summed E-state index contributed by atoms with van der Waals surface area (Å²) in [7, 11) is 1.38. The zero-order chi connectivity index (χ0) is 12.9. The first-order valence-corrected chi connectivity index (χ1v) is 5.39. The Labute approximate surface area is 101 Å². The van der Waals surface area contributed by atoms with Gasteiger partial charge in [-0.15, -0.1) is 0 Å². The molecule has 0 fully saturated rings. The maximum Gasteiger partial charge on any atom is 0.312 e. The number of carbonyl (C=O) groups is 1. The molecule has 0 aromatic carbocycles. The second kappa shape index (κ2) is 5.63. The highest BCUT2D eigenvalue weighted by molar-refractivity contribution is 5.76. The van der Waals surface area contributed by atoms with E-state index in [-0.39, 0.29) is 11.7 Å². The SMILES string of the molecule is COC(=O)C(C)(C)CNCc1ccc(O)cn1. The van der Waals surface area contributed by atoms with Gasteiger partial charge in [0.25, 0.3) is 0 Å². The Morgan fingerprint density at radius 2 is 2.24 bits per heavy atom. The minimum Gasteiger partial charge on any atom is -0.506 e. The lowest BCUT2D eigenvalue weighted by Gasteiger charge is -2.21. The van der Waals surface area contributed by atoms with Crippen LogP contribution in [0.5, 0.6) is 5.75 Å². The first-order chi connectivity index (χ1) is 7.95. The van der Waals surface area contributed by atoms with Crippen molar-refractivity contribution in [2.45, 2.75) is 20.4 Å². The molecule has 1 rings (SSSR count). The molecule has 0 aliphatic heterocycles. The average molecular weight is 238 g/mol. The second-order valence-corrected chi connectivity index (χ2v) is 4.49. The minimum atomic E-state index is -0.564. The van der Waals surface area contributed by atoms with E-state index in [0.29, 0.717) is 13.1 Å². The molecule has 0 amide bonds. The van der Waals surface area contributed by atoms with Gasteiger partial charge in [0.05, 0.1) is 24.4 Å². The molecule has 1 aromatic heterocycles. The molecule has 94 valence electrons. The number of pyridine rings is 1. The summed E-state index contributed by atoms with van der Waals surface area (Å²) < 4.78 is 4.71. The van der Waals surface area contributed by atoms with Gasteiger partial charge >= 0.3 is 5.97 Å². The van der Waals surface area contributed by atoms with Crippen molar-refractivity contribution in [1.29, 1.82) is 0 Å². The first kappa shape index (κ1) is 13.4. The highest BCUT2D eigenvalue weighted by atomic mass is 16.5. The van der Waals surface area contributed by atoms with Gasteiger partial charge in [0.2, 0.25) is 0 Å². The minimum absolute atomic E-state index is 0.142. The van der Waals surface area contributed by atoms with Crippen LogP contribution in [-0.4, -0.2) is 29.7 Å². The normalized spacial score (nSPS) is 11.2. The molecule has 0 unspecified atom stereocenters. The molecule has 1 heterocycles. The van der Waals surface area contributed by atoms with Crippen LogP contribution in [0.25, 0.3) is 0 Å². The molecule has 0 aliphatic carbocycles. The first-order valence-electron chi connectivity index (χ1n) is 5.39. The van der Waals surface area contributed by atoms with Crippen molar-refractivity contribution in [1.82, 2.24) is 10.3 Å². The van der Waals surface area contributed by atoms with Gasteiger partial charge in [0.1, 0.15) is 5.75 Å². The number of hydrogen-bond acceptors (Lipinski definition) is 5. The highest BCUT2D eigenvalue weighted by Crippen LogP contribution is 2.15. The van der Waals surface area contributed by atoms with Gasteiger partial charge in [-0.25, -0.2) is 0 Å². The maximum absolute atomic E-state index is 11.4. The summed E-state index contributed by atoms with van der Waals surface area (Å²) in [5, 5.41) is 12.2. The number of aromatic hydroxyl groups is 1. The third-order valence-electron chi connectivity index (χ3n) is 2.42. The van der Waals surface area contributed by atoms with E-state index in [9.17, 15) is 4.79 Å². The molecule has 0 saturated heterocycles. The summed E-state index contributed by atoms with van der Waals surface area (Å²) >= 11 is 0. The smallest absolute Gasteiger partial charge is 0.312 e. The lowest BCUT2D eigenvalue weighted by atomic mass is 9.94. The fraction of sp³-hybridized carbons (Fsp3) is 0.500. The summed E-state index contributed by atoms with van der Waals surface area (Å²) in [6.45, 7) is 4.68. The zero-order valence-corrected chi connectivity index (χ0v) is 10.4. The van der Waals surface area contributed by atoms with E-state index in [2.05, 4.69) is 10.3 Å². The molecule has 5 nitrogen and oxygen atoms in total. The second-order valence-electron chi connectivity index (χ2n) is 4.49. The lowest BCUT2D eigenvalue weighted by molar-refractivity contribution is -0.150. The van der Waals surface area contributed by atoms with Gasteiger partial charge in [0, 0.05) is 13.1 Å². The molecule has 0 atom stereocenters. The van der Waals surface area contributed by atoms with Crippen molar-refractivity contribution in [3.8, 4) is 5.75 Å². The molecule has 0 saturated carbocycles. The topological polar surface area (TPSA) is 71.5 Å². The van der Waals surface area contributed by atoms with Crippen LogP contribution >= 0.6 is 0 Å². The van der Waals surface area contributed by atoms with Crippen molar-refractivity contribution in [3.63, 3.8) is 0 Å². The molecule has 0 bridgehead atoms. The lowest BCUT2D eigenvalue weighted by Crippen LogP contribution is -2.36. The summed E-state index contributed by atoms with van der Waals surface area (Å²) in [4.78, 5) is 15.4. The number of esters is 1. The van der Waals surface area contributed by atoms with Crippen molar-refractivity contribution in [3.05, 3.63) is 24.0 Å². The third kappa shape index (κ3) is 4.03. The molecule has 5 heteroatoms. The van der Waals surface area contributed by atoms with Crippen LogP contribution in [0.15, 0.2) is 18.3 Å². The Balaban J connectivity index is 2.42. The predicted molar refractivity (Wildman–Crippen MR) is 63.4 cm³/mol. The van der Waals surface area contributed by atoms with Crippen LogP contribution in [0.3, 0.4) is 0 Å². The van der Waals surface area contributed by atoms with Gasteiger partial charge in [0.15, 0.2) is 0 Å². The van der Waals surface area contributed by atoms with Crippen LogP contribution in [0, 0.1) is 5.41 Å². The van der Waals surface area contributed by atoms with Gasteiger partial charge in [-0.1, -0.05) is 0 Å². The molecule has 1 aromatic rings. The molecule has 0 radical (unpaired) electrons. The van der Waals surface area contributed by atoms with Crippen LogP contribution in [0.2, 0.25) is 0 Å². The van der Waals surface area contributed by atoms with Crippen molar-refractivity contribution >= 4 is 5.97 Å². The van der Waals surface area contributed by atoms with Crippen LogP contribution < -0.4 is 5.32 Å². The summed E-state index contributed by atoms with van der Waals surface area (Å²) in [5.74, 6) is -0.104. The van der Waals surface area contributed by atoms with Gasteiger partial charge in [-0.2, -0.15) is 0 Å². The van der Waals surface area contributed by atoms with E-state index in [1.807, 2.05) is 13.8 Å². The molecule has 0 aliphatic rings. The van der Waals surface area contributed by atoms with E-state index in [0.717, 1.165) is 5.69 Å². The Hall–Kier alpha value is -1.62. The Bertz CT molecular complexity index is 374. The number of ether oxygens (including phenoxy) is 1. The summed E-state index contributed by atoms with van der Waals surface area (Å²) in [6.07, 6.45) is 1.39. The van der Waals surface area contributed by atoms with E-state index in [4.69, 9.17) is 9.84 Å². The van der Waals surface area contributed by atoms with Crippen LogP contribution in [-0.2, 0) is 16.1 Å². The van der Waals surface area contributed by atoms with Gasteiger partial charge in [-0.05, 0) is 26.0 Å². The van der Waals surface area contributed by atoms with Gasteiger partial charge < -0.3 is 15.2 Å². The number of methoxy groups -OCH3 is 1. The van der Waals surface area contributed by atoms with Crippen LogP contribution in [0.4, 0.5) is 0 Å². The third-order valence-corrected chi connectivity index (χ3v) is 2.42. The van der Waals surface area contributed by atoms with Gasteiger partial charge in [-0.3, -0.25) is 9.78 Å². The van der Waals surface area contributed by atoms with Crippen molar-refractivity contribution in [2.75, 3.05) is 13.7 Å². The maximum atomic E-state index is 11.4. The fourth-order valence-electron chi connectivity index (χ4n) is 1.37. The number of nitrogens with zero attached hydrogens (tertiary/aromatic N) is 1. The molecular weight excluding hydrogens is 220 g/mol. The average Bonchev–Trinajstić information content (AvgIpc) is 2.30. The predicted octanol–water partition coefficient (Wildman–Crippen LogP) is 1.08. The zero-order valence-electron chi connectivity index (χ0n) is 10.4. The molecular formula is C12H18N2O3. The summed E-state index contributed by atoms with van der Waals surface area (Å²) in [6, 6.07) is 3.31. The van der Waals surface area contributed by atoms with E-state index in [1.165, 1.54) is 13.3 Å². The molecule has 17 heavy (non-hydrogen) atoms. The standard InChI is InChI=1S/C12H18N2O3/c1-12(2,11(16)17-3)8-13-6-9-4-5-10(15)7-14-9/h4-5,7,13,15H,6,8H2,1-3H3. The quantitative estimate of drug-likeness (QED) is 0.751. The Kier molecular flexibility index (Phi) is 4.45. The van der Waals surface area contributed by atoms with Crippen molar-refractivity contribution in [2.24, 2.45) is 5.41 Å². The molecule has 0 spiro atoms. The number of carbonyl (C=O) groups excluding carboxylic acids is 1. The fourth-order valence-corrected chi connectivity index (χ4v) is 1.37. The van der Waals surface area contributed by atoms with Crippen LogP contribution in [0.1, 0.15) is 19.5 Å². The Morgan fingerprint density at radius 3 is 2.76 bits per heavy atom. The van der Waals surface area contributed by atoms with Crippen molar-refractivity contribution < 1.29 is 14.6 Å².